The molecule has 0 spiro atoms. The largest absolute Gasteiger partial charge is 0.490 e. The lowest BCUT2D eigenvalue weighted by atomic mass is 10.1. The molecule has 2 fully saturated rings. The summed E-state index contributed by atoms with van der Waals surface area (Å²) in [5.41, 5.74) is 3.39. The van der Waals surface area contributed by atoms with Crippen LogP contribution in [0.1, 0.15) is 46.6 Å². The normalized spacial score (nSPS) is 17.3. The molecule has 2 aliphatic heterocycles. The maximum Gasteiger partial charge on any atom is 0.337 e. The number of carbonyl (C=O) groups excluding carboxylic acids is 1. The van der Waals surface area contributed by atoms with Gasteiger partial charge >= 0.3 is 5.97 Å². The Balaban J connectivity index is 1.06. The summed E-state index contributed by atoms with van der Waals surface area (Å²) in [6.45, 7) is 4.09. The molecular weight excluding hydrogens is 551 g/mol. The number of hydrogen-bond donors (Lipinski definition) is 0. The molecule has 0 N–H and O–H groups in total. The molecule has 222 valence electrons. The molecule has 6 rings (SSSR count). The Hall–Kier alpha value is -4.46. The van der Waals surface area contributed by atoms with Crippen molar-refractivity contribution >= 4 is 17.0 Å². The van der Waals surface area contributed by atoms with Crippen molar-refractivity contribution < 1.29 is 28.1 Å². The zero-order valence-corrected chi connectivity index (χ0v) is 24.0. The Bertz CT molecular complexity index is 1650. The van der Waals surface area contributed by atoms with Crippen molar-refractivity contribution in [2.75, 3.05) is 26.8 Å². The van der Waals surface area contributed by atoms with E-state index in [2.05, 4.69) is 9.47 Å². The van der Waals surface area contributed by atoms with Gasteiger partial charge in [-0.2, -0.15) is 5.26 Å². The number of fused-ring (bicyclic) bond motifs is 1. The van der Waals surface area contributed by atoms with Gasteiger partial charge in [0.15, 0.2) is 11.6 Å². The molecule has 2 saturated heterocycles. The minimum Gasteiger partial charge on any atom is -0.490 e. The Morgan fingerprint density at radius 1 is 1.12 bits per heavy atom. The number of benzene rings is 3. The Labute approximate surface area is 249 Å². The second kappa shape index (κ2) is 12.8. The monoisotopic (exact) mass is 584 g/mol. The van der Waals surface area contributed by atoms with E-state index in [9.17, 15) is 9.18 Å². The van der Waals surface area contributed by atoms with Crippen LogP contribution < -0.4 is 9.47 Å². The number of nitriles is 1. The van der Waals surface area contributed by atoms with Crippen molar-refractivity contribution in [3.63, 3.8) is 0 Å². The second-order valence-corrected chi connectivity index (χ2v) is 10.9. The molecule has 0 saturated carbocycles. The molecule has 0 bridgehead atoms. The predicted molar refractivity (Wildman–Crippen MR) is 156 cm³/mol. The fourth-order valence-corrected chi connectivity index (χ4v) is 5.51. The number of likely N-dealkylation sites (tertiary alicyclic amines) is 1. The van der Waals surface area contributed by atoms with Gasteiger partial charge in [-0.15, -0.1) is 0 Å². The van der Waals surface area contributed by atoms with Crippen LogP contribution in [0.5, 0.6) is 11.5 Å². The third kappa shape index (κ3) is 6.63. The molecular formula is C33H33FN4O5. The van der Waals surface area contributed by atoms with Gasteiger partial charge < -0.3 is 23.5 Å². The number of methoxy groups -OCH3 is 1. The van der Waals surface area contributed by atoms with Crippen molar-refractivity contribution in [2.45, 2.75) is 51.2 Å². The van der Waals surface area contributed by atoms with E-state index < -0.39 is 5.82 Å². The zero-order chi connectivity index (χ0) is 29.8. The molecule has 3 aromatic carbocycles. The van der Waals surface area contributed by atoms with Crippen LogP contribution in [0.3, 0.4) is 0 Å². The van der Waals surface area contributed by atoms with E-state index in [-0.39, 0.29) is 36.1 Å². The zero-order valence-electron chi connectivity index (χ0n) is 24.0. The summed E-state index contributed by atoms with van der Waals surface area (Å²) in [5.74, 6) is 0.893. The quantitative estimate of drug-likeness (QED) is 0.233. The highest BCUT2D eigenvalue weighted by atomic mass is 19.1. The number of ether oxygens (including phenoxy) is 4. The van der Waals surface area contributed by atoms with Gasteiger partial charge in [0.1, 0.15) is 24.3 Å². The van der Waals surface area contributed by atoms with E-state index >= 15 is 0 Å². The van der Waals surface area contributed by atoms with Gasteiger partial charge in [0, 0.05) is 19.7 Å². The Morgan fingerprint density at radius 3 is 2.67 bits per heavy atom. The fourth-order valence-electron chi connectivity index (χ4n) is 5.51. The van der Waals surface area contributed by atoms with Crippen molar-refractivity contribution in [2.24, 2.45) is 0 Å². The first-order valence-electron chi connectivity index (χ1n) is 14.5. The molecule has 4 aromatic rings. The van der Waals surface area contributed by atoms with Crippen molar-refractivity contribution in [3.8, 4) is 17.6 Å². The lowest BCUT2D eigenvalue weighted by Gasteiger charge is -2.32. The van der Waals surface area contributed by atoms with E-state index in [1.165, 1.54) is 25.3 Å². The van der Waals surface area contributed by atoms with Crippen LogP contribution in [-0.2, 0) is 29.2 Å². The highest BCUT2D eigenvalue weighted by Gasteiger charge is 2.26. The smallest absolute Gasteiger partial charge is 0.337 e. The minimum atomic E-state index is -0.559. The highest BCUT2D eigenvalue weighted by molar-refractivity contribution is 5.93. The van der Waals surface area contributed by atoms with Gasteiger partial charge in [-0.1, -0.05) is 12.1 Å². The van der Waals surface area contributed by atoms with Crippen LogP contribution in [0.2, 0.25) is 0 Å². The van der Waals surface area contributed by atoms with Crippen molar-refractivity contribution in [1.82, 2.24) is 14.5 Å². The summed E-state index contributed by atoms with van der Waals surface area (Å²) in [5, 5.41) is 8.92. The van der Waals surface area contributed by atoms with E-state index in [1.807, 2.05) is 42.5 Å². The first kappa shape index (κ1) is 28.6. The third-order valence-electron chi connectivity index (χ3n) is 7.98. The number of esters is 1. The average Bonchev–Trinajstić information content (AvgIpc) is 3.34. The number of imidazole rings is 1. The number of rotatable bonds is 10. The fraction of sp³-hybridized carbons (Fsp3) is 0.364. The van der Waals surface area contributed by atoms with Crippen LogP contribution >= 0.6 is 0 Å². The molecule has 2 aliphatic rings. The SMILES string of the molecule is COC(=O)c1ccc2nc(CN3CCC(Oc4cccc(COc5ccc(C#N)cc5F)c4)CC3)n(C[C@@H]3CCO3)c2c1. The first-order valence-corrected chi connectivity index (χ1v) is 14.5. The van der Waals surface area contributed by atoms with Gasteiger partial charge in [-0.05, 0) is 73.4 Å². The topological polar surface area (TPSA) is 98.8 Å². The number of nitrogens with zero attached hydrogens (tertiary/aromatic N) is 4. The maximum absolute atomic E-state index is 14.2. The highest BCUT2D eigenvalue weighted by Crippen LogP contribution is 2.26. The van der Waals surface area contributed by atoms with E-state index in [4.69, 9.17) is 29.2 Å². The van der Waals surface area contributed by atoms with E-state index in [0.717, 1.165) is 67.1 Å². The molecule has 10 heteroatoms. The second-order valence-electron chi connectivity index (χ2n) is 10.9. The average molecular weight is 585 g/mol. The van der Waals surface area contributed by atoms with Gasteiger partial charge in [0.2, 0.25) is 0 Å². The maximum atomic E-state index is 14.2. The summed E-state index contributed by atoms with van der Waals surface area (Å²) in [6, 6.07) is 19.2. The molecule has 9 nitrogen and oxygen atoms in total. The number of aromatic nitrogens is 2. The molecule has 0 aliphatic carbocycles. The first-order chi connectivity index (χ1) is 21.0. The summed E-state index contributed by atoms with van der Waals surface area (Å²) in [7, 11) is 1.39. The summed E-state index contributed by atoms with van der Waals surface area (Å²) < 4.78 is 39.0. The predicted octanol–water partition coefficient (Wildman–Crippen LogP) is 5.24. The molecule has 43 heavy (non-hydrogen) atoms. The standard InChI is InChI=1S/C33H33FN4O5/c1-40-33(39)24-6-7-29-30(17-24)38(19-27-11-14-41-27)32(36-29)20-37-12-9-25(10-13-37)43-26-4-2-3-23(15-26)21-42-31-8-5-22(18-35)16-28(31)34/h2-8,15-17,25,27H,9-14,19-21H2,1H3/t27-/m0/s1. The minimum absolute atomic E-state index is 0.0770. The lowest BCUT2D eigenvalue weighted by Crippen LogP contribution is -2.39. The Kier molecular flexibility index (Phi) is 8.54. The molecule has 0 unspecified atom stereocenters. The van der Waals surface area contributed by atoms with Crippen molar-refractivity contribution in [1.29, 1.82) is 5.26 Å². The van der Waals surface area contributed by atoms with Gasteiger partial charge in [-0.3, -0.25) is 4.90 Å². The van der Waals surface area contributed by atoms with E-state index in [0.29, 0.717) is 18.7 Å². The van der Waals surface area contributed by atoms with Gasteiger partial charge in [0.25, 0.3) is 0 Å². The summed E-state index contributed by atoms with van der Waals surface area (Å²) in [4.78, 5) is 19.5. The van der Waals surface area contributed by atoms with Crippen LogP contribution in [0, 0.1) is 17.1 Å². The van der Waals surface area contributed by atoms with Crippen LogP contribution in [0.25, 0.3) is 11.0 Å². The van der Waals surface area contributed by atoms with Crippen LogP contribution in [0.4, 0.5) is 4.39 Å². The summed E-state index contributed by atoms with van der Waals surface area (Å²) >= 11 is 0. The van der Waals surface area contributed by atoms with Gasteiger partial charge in [-0.25, -0.2) is 14.2 Å². The number of halogens is 1. The molecule has 0 amide bonds. The number of hydrogen-bond acceptors (Lipinski definition) is 8. The van der Waals surface area contributed by atoms with Gasteiger partial charge in [0.05, 0.1) is 54.5 Å². The number of piperidine rings is 1. The lowest BCUT2D eigenvalue weighted by molar-refractivity contribution is -0.0592. The molecule has 3 heterocycles. The Morgan fingerprint density at radius 2 is 1.95 bits per heavy atom. The van der Waals surface area contributed by atoms with E-state index in [1.54, 1.807) is 6.07 Å². The molecule has 1 aromatic heterocycles. The molecule has 0 radical (unpaired) electrons. The van der Waals surface area contributed by atoms with Crippen LogP contribution in [-0.4, -0.2) is 59.4 Å². The summed E-state index contributed by atoms with van der Waals surface area (Å²) in [6.07, 6.45) is 2.98. The molecule has 1 atom stereocenters. The third-order valence-corrected chi connectivity index (χ3v) is 7.98. The number of carbonyl (C=O) groups is 1. The van der Waals surface area contributed by atoms with Crippen molar-refractivity contribution in [3.05, 3.63) is 89.0 Å². The van der Waals surface area contributed by atoms with Crippen LogP contribution in [0.15, 0.2) is 60.7 Å².